The van der Waals surface area contributed by atoms with E-state index in [-0.39, 0.29) is 22.8 Å². The largest absolute Gasteiger partial charge is 0.506 e. The second-order valence-corrected chi connectivity index (χ2v) is 11.3. The minimum atomic E-state index is -4.55. The zero-order valence-corrected chi connectivity index (χ0v) is 22.9. The Hall–Kier alpha value is -4.26. The van der Waals surface area contributed by atoms with Crippen LogP contribution in [0.1, 0.15) is 67.7 Å². The number of para-hydroxylation sites is 1. The molecule has 0 unspecified atom stereocenters. The molecular formula is C33H30F3NO3. The molecule has 206 valence electrons. The number of H-pyrrole nitrogens is 1. The van der Waals surface area contributed by atoms with Gasteiger partial charge in [0.2, 0.25) is 0 Å². The number of aromatic amines is 1. The van der Waals surface area contributed by atoms with E-state index in [0.717, 1.165) is 17.7 Å². The number of aromatic nitrogens is 1. The lowest BCUT2D eigenvalue weighted by molar-refractivity contribution is -0.137. The number of nitrogens with one attached hydrogen (secondary N) is 1. The summed E-state index contributed by atoms with van der Waals surface area (Å²) >= 11 is 0. The van der Waals surface area contributed by atoms with E-state index in [9.17, 15) is 23.1 Å². The fraction of sp³-hybridized carbons (Fsp3) is 0.242. The first kappa shape index (κ1) is 27.3. The van der Waals surface area contributed by atoms with Gasteiger partial charge in [-0.1, -0.05) is 77.1 Å². The van der Waals surface area contributed by atoms with Gasteiger partial charge in [0.25, 0.3) is 0 Å². The van der Waals surface area contributed by atoms with Crippen molar-refractivity contribution in [1.29, 1.82) is 0 Å². The zero-order valence-electron chi connectivity index (χ0n) is 22.9. The molecule has 1 heterocycles. The van der Waals surface area contributed by atoms with Gasteiger partial charge in [-0.2, -0.15) is 13.2 Å². The second kappa shape index (κ2) is 9.73. The average Bonchev–Trinajstić information content (AvgIpc) is 3.27. The van der Waals surface area contributed by atoms with E-state index in [1.807, 2.05) is 46.8 Å². The molecule has 40 heavy (non-hydrogen) atoms. The van der Waals surface area contributed by atoms with Gasteiger partial charge in [0.15, 0.2) is 0 Å². The molecule has 0 aliphatic rings. The van der Waals surface area contributed by atoms with Crippen molar-refractivity contribution in [2.24, 2.45) is 0 Å². The number of rotatable bonds is 4. The summed E-state index contributed by atoms with van der Waals surface area (Å²) in [6.07, 6.45) is -4.55. The van der Waals surface area contributed by atoms with E-state index >= 15 is 0 Å². The number of hydrogen-bond acceptors (Lipinski definition) is 3. The van der Waals surface area contributed by atoms with E-state index in [1.54, 1.807) is 42.5 Å². The van der Waals surface area contributed by atoms with Crippen molar-refractivity contribution in [3.8, 4) is 22.6 Å². The summed E-state index contributed by atoms with van der Waals surface area (Å²) < 4.78 is 47.1. The maximum absolute atomic E-state index is 13.8. The first-order chi connectivity index (χ1) is 18.8. The van der Waals surface area contributed by atoms with Crippen LogP contribution in [0.3, 0.4) is 0 Å². The number of fused-ring (bicyclic) bond motifs is 2. The summed E-state index contributed by atoms with van der Waals surface area (Å²) in [6, 6.07) is 19.4. The summed E-state index contributed by atoms with van der Waals surface area (Å²) in [7, 11) is 0. The number of carbonyl (C=O) groups is 1. The van der Waals surface area contributed by atoms with E-state index in [1.165, 1.54) is 6.07 Å². The summed E-state index contributed by atoms with van der Waals surface area (Å²) in [5, 5.41) is 13.3. The van der Waals surface area contributed by atoms with Gasteiger partial charge in [-0.05, 0) is 52.6 Å². The first-order valence-corrected chi connectivity index (χ1v) is 13.1. The van der Waals surface area contributed by atoms with Crippen LogP contribution in [-0.2, 0) is 11.6 Å². The predicted molar refractivity (Wildman–Crippen MR) is 152 cm³/mol. The van der Waals surface area contributed by atoms with Crippen molar-refractivity contribution in [2.75, 3.05) is 0 Å². The molecule has 0 spiro atoms. The molecule has 5 rings (SSSR count). The quantitative estimate of drug-likeness (QED) is 0.175. The van der Waals surface area contributed by atoms with Crippen molar-refractivity contribution < 1.29 is 27.8 Å². The van der Waals surface area contributed by atoms with Gasteiger partial charge in [-0.3, -0.25) is 0 Å². The van der Waals surface area contributed by atoms with Gasteiger partial charge in [0.1, 0.15) is 17.1 Å². The molecule has 7 heteroatoms. The van der Waals surface area contributed by atoms with E-state index < -0.39 is 23.1 Å². The summed E-state index contributed by atoms with van der Waals surface area (Å²) in [5.74, 6) is -0.637. The molecule has 0 radical (unpaired) electrons. The van der Waals surface area contributed by atoms with Gasteiger partial charge in [0.05, 0.1) is 5.56 Å². The van der Waals surface area contributed by atoms with Crippen LogP contribution in [-0.4, -0.2) is 16.1 Å². The van der Waals surface area contributed by atoms with Gasteiger partial charge in [-0.25, -0.2) is 4.79 Å². The van der Waals surface area contributed by atoms with Crippen LogP contribution in [0.25, 0.3) is 32.8 Å². The Labute approximate surface area is 230 Å². The average molecular weight is 546 g/mol. The van der Waals surface area contributed by atoms with Crippen LogP contribution in [0.2, 0.25) is 0 Å². The maximum atomic E-state index is 13.8. The van der Waals surface area contributed by atoms with Crippen LogP contribution >= 0.6 is 0 Å². The Kier molecular flexibility index (Phi) is 6.65. The molecule has 0 bridgehead atoms. The third kappa shape index (κ3) is 4.81. The lowest BCUT2D eigenvalue weighted by Gasteiger charge is -2.22. The molecule has 0 fully saturated rings. The third-order valence-electron chi connectivity index (χ3n) is 7.11. The highest BCUT2D eigenvalue weighted by molar-refractivity contribution is 6.13. The summed E-state index contributed by atoms with van der Waals surface area (Å²) in [4.78, 5) is 16.9. The number of alkyl halides is 3. The number of aromatic hydroxyl groups is 1. The molecular weight excluding hydrogens is 515 g/mol. The lowest BCUT2D eigenvalue weighted by atomic mass is 9.84. The smallest absolute Gasteiger partial charge is 0.416 e. The monoisotopic (exact) mass is 545 g/mol. The topological polar surface area (TPSA) is 62.3 Å². The minimum absolute atomic E-state index is 0.0755. The number of carbonyl (C=O) groups excluding carboxylic acids is 1. The molecule has 5 aromatic rings. The van der Waals surface area contributed by atoms with Crippen molar-refractivity contribution in [1.82, 2.24) is 4.98 Å². The molecule has 0 saturated carbocycles. The molecule has 0 aliphatic carbocycles. The van der Waals surface area contributed by atoms with Crippen molar-refractivity contribution in [3.05, 3.63) is 95.2 Å². The van der Waals surface area contributed by atoms with Crippen molar-refractivity contribution >= 4 is 27.6 Å². The van der Waals surface area contributed by atoms with Gasteiger partial charge < -0.3 is 14.8 Å². The van der Waals surface area contributed by atoms with Crippen molar-refractivity contribution in [3.63, 3.8) is 0 Å². The SMILES string of the molecule is CC(C)c1ccccc1OC(=O)c1cc2ccccc2c(-c2c(C(C)(C)C)[nH]c3ccc(C(F)(F)F)cc23)c1O. The number of phenols is 1. The standard InChI is InChI=1S/C33H30F3NO3/c1-18(2)21-11-8-9-13-26(21)40-31(39)24-16-19-10-6-7-12-22(19)27(29(24)38)28-23-17-20(33(34,35)36)14-15-25(23)37-30(28)32(3,4)5/h6-18,37-38H,1-5H3. The van der Waals surface area contributed by atoms with E-state index in [0.29, 0.717) is 38.7 Å². The molecule has 1 aromatic heterocycles. The fourth-order valence-electron chi connectivity index (χ4n) is 5.14. The number of esters is 1. The summed E-state index contributed by atoms with van der Waals surface area (Å²) in [6.45, 7) is 9.78. The first-order valence-electron chi connectivity index (χ1n) is 13.1. The van der Waals surface area contributed by atoms with Crippen LogP contribution in [0.15, 0.2) is 72.8 Å². The normalized spacial score (nSPS) is 12.4. The van der Waals surface area contributed by atoms with Gasteiger partial charge in [-0.15, -0.1) is 0 Å². The van der Waals surface area contributed by atoms with E-state index in [2.05, 4.69) is 4.98 Å². The second-order valence-electron chi connectivity index (χ2n) is 11.3. The minimum Gasteiger partial charge on any atom is -0.506 e. The number of phenolic OH excluding ortho intramolecular Hbond substituents is 1. The van der Waals surface area contributed by atoms with Crippen LogP contribution in [0.4, 0.5) is 13.2 Å². The van der Waals surface area contributed by atoms with Crippen LogP contribution < -0.4 is 4.74 Å². The molecule has 0 aliphatic heterocycles. The highest BCUT2D eigenvalue weighted by Crippen LogP contribution is 2.48. The Morgan fingerprint density at radius 3 is 2.23 bits per heavy atom. The lowest BCUT2D eigenvalue weighted by Crippen LogP contribution is -2.14. The van der Waals surface area contributed by atoms with Crippen LogP contribution in [0.5, 0.6) is 11.5 Å². The number of ether oxygens (including phenoxy) is 1. The zero-order chi connectivity index (χ0) is 29.0. The highest BCUT2D eigenvalue weighted by atomic mass is 19.4. The highest BCUT2D eigenvalue weighted by Gasteiger charge is 2.33. The molecule has 0 amide bonds. The Morgan fingerprint density at radius 1 is 0.875 bits per heavy atom. The molecule has 0 atom stereocenters. The Balaban J connectivity index is 1.81. The third-order valence-corrected chi connectivity index (χ3v) is 7.11. The molecule has 0 saturated heterocycles. The number of halogens is 3. The van der Waals surface area contributed by atoms with Crippen molar-refractivity contribution in [2.45, 2.75) is 52.1 Å². The number of benzene rings is 4. The predicted octanol–water partition coefficient (Wildman–Crippen LogP) is 9.35. The molecule has 2 N–H and O–H groups in total. The van der Waals surface area contributed by atoms with Gasteiger partial charge in [0, 0.05) is 33.1 Å². The molecule has 4 aromatic carbocycles. The van der Waals surface area contributed by atoms with E-state index in [4.69, 9.17) is 4.74 Å². The maximum Gasteiger partial charge on any atom is 0.416 e. The fourth-order valence-corrected chi connectivity index (χ4v) is 5.14. The Bertz CT molecular complexity index is 1760. The van der Waals surface area contributed by atoms with Gasteiger partial charge >= 0.3 is 12.1 Å². The number of hydrogen-bond donors (Lipinski definition) is 2. The summed E-state index contributed by atoms with van der Waals surface area (Å²) in [5.41, 5.74) is 1.25. The van der Waals surface area contributed by atoms with Crippen LogP contribution in [0, 0.1) is 0 Å². The Morgan fingerprint density at radius 2 is 1.55 bits per heavy atom. The molecule has 4 nitrogen and oxygen atoms in total.